The number of hydrogen-bond donors (Lipinski definition) is 2. The lowest BCUT2D eigenvalue weighted by molar-refractivity contribution is -0.133. The zero-order valence-corrected chi connectivity index (χ0v) is 36.3. The Labute approximate surface area is 340 Å². The van der Waals surface area contributed by atoms with Crippen molar-refractivity contribution in [2.24, 2.45) is 5.92 Å². The summed E-state index contributed by atoms with van der Waals surface area (Å²) in [6.45, 7) is 5.79. The Morgan fingerprint density at radius 1 is 0.982 bits per heavy atom. The van der Waals surface area contributed by atoms with Gasteiger partial charge in [0.2, 0.25) is 11.8 Å². The molecule has 0 aliphatic heterocycles. The Balaban J connectivity index is 0.000000265. The lowest BCUT2D eigenvalue weighted by atomic mass is 9.87. The minimum absolute atomic E-state index is 0.00406. The molecular weight excluding hydrogens is 790 g/mol. The van der Waals surface area contributed by atoms with E-state index in [9.17, 15) is 27.7 Å². The van der Waals surface area contributed by atoms with Crippen LogP contribution in [0.2, 0.25) is 0 Å². The standard InChI is InChI=1S/C22H31N2O6PS2.C19H23NO2S/c1-4-29-31(26,30-5-2)20-15-23-22(32-20)24-21(25)19(14-16-8-6-7-9-16)17-10-12-18(13-11-17)33(3,27)28;1-14(19(22)16-7-5-4-6-8-16)20(2)18(21)13-15-9-11-17(23-3)12-10-15/h10-13,15-16,19H,4-9,14H2,1-3H3,(H,23,24,25);4-12,14,19,22H,13H2,1-3H3/t19-;14-,19+/m11/s1. The van der Waals surface area contributed by atoms with Gasteiger partial charge in [-0.15, -0.1) is 11.8 Å². The van der Waals surface area contributed by atoms with E-state index in [-0.39, 0.29) is 36.0 Å². The third-order valence-corrected chi connectivity index (χ3v) is 15.2. The van der Waals surface area contributed by atoms with Gasteiger partial charge in [0.25, 0.3) is 0 Å². The number of carbonyl (C=O) groups excluding carboxylic acids is 2. The van der Waals surface area contributed by atoms with E-state index in [1.807, 2.05) is 67.8 Å². The Morgan fingerprint density at radius 3 is 2.14 bits per heavy atom. The Bertz CT molecular complexity index is 2000. The topological polar surface area (TPSA) is 152 Å². The normalized spacial score (nSPS) is 15.0. The summed E-state index contributed by atoms with van der Waals surface area (Å²) < 4.78 is 47.7. The minimum atomic E-state index is -3.47. The maximum absolute atomic E-state index is 13.3. The van der Waals surface area contributed by atoms with Gasteiger partial charge in [0, 0.05) is 18.2 Å². The summed E-state index contributed by atoms with van der Waals surface area (Å²) in [6, 6.07) is 23.7. The van der Waals surface area contributed by atoms with E-state index < -0.39 is 29.5 Å². The fraction of sp³-hybridized carbons (Fsp3) is 0.439. The first-order valence-electron chi connectivity index (χ1n) is 18.8. The number of aliphatic hydroxyl groups is 1. The van der Waals surface area contributed by atoms with Crippen LogP contribution in [0.3, 0.4) is 0 Å². The molecule has 0 spiro atoms. The summed E-state index contributed by atoms with van der Waals surface area (Å²) in [5, 5.41) is 13.6. The molecule has 15 heteroatoms. The van der Waals surface area contributed by atoms with Crippen molar-refractivity contribution < 1.29 is 36.7 Å². The number of thiazole rings is 1. The van der Waals surface area contributed by atoms with Gasteiger partial charge in [-0.25, -0.2) is 13.4 Å². The molecular formula is C41H54N3O8PS3. The van der Waals surface area contributed by atoms with E-state index in [0.29, 0.717) is 28.5 Å². The van der Waals surface area contributed by atoms with Crippen molar-refractivity contribution >= 4 is 62.1 Å². The highest BCUT2D eigenvalue weighted by Gasteiger charge is 2.32. The molecule has 3 atom stereocenters. The number of sulfone groups is 1. The first kappa shape index (κ1) is 45.3. The summed E-state index contributed by atoms with van der Waals surface area (Å²) >= 11 is 2.75. The molecule has 5 rings (SSSR count). The van der Waals surface area contributed by atoms with Crippen LogP contribution in [-0.4, -0.2) is 74.0 Å². The third-order valence-electron chi connectivity index (χ3n) is 9.78. The SMILES string of the molecule is CCOP(=O)(OCC)c1cnc(NC(=O)[C@H](CC2CCCC2)c2ccc(S(C)(=O)=O)cc2)s1.CSc1ccc(CC(=O)N(C)[C@H](C)[C@H](O)c2ccccc2)cc1. The molecule has 304 valence electrons. The zero-order chi connectivity index (χ0) is 40.9. The van der Waals surface area contributed by atoms with Gasteiger partial charge in [-0.3, -0.25) is 14.2 Å². The zero-order valence-electron chi connectivity index (χ0n) is 32.9. The Hall–Kier alpha value is -3.36. The van der Waals surface area contributed by atoms with Crippen LogP contribution in [0.1, 0.15) is 81.6 Å². The van der Waals surface area contributed by atoms with Crippen molar-refractivity contribution in [3.63, 3.8) is 0 Å². The van der Waals surface area contributed by atoms with Gasteiger partial charge in [0.1, 0.15) is 4.62 Å². The fourth-order valence-corrected chi connectivity index (χ4v) is 10.3. The van der Waals surface area contributed by atoms with Crippen molar-refractivity contribution in [2.45, 2.75) is 87.2 Å². The number of nitrogens with zero attached hydrogens (tertiary/aromatic N) is 2. The highest BCUT2D eigenvalue weighted by atomic mass is 32.2. The number of carbonyl (C=O) groups is 2. The molecule has 11 nitrogen and oxygen atoms in total. The molecule has 3 aromatic carbocycles. The van der Waals surface area contributed by atoms with Crippen molar-refractivity contribution in [1.29, 1.82) is 0 Å². The van der Waals surface area contributed by atoms with E-state index in [0.717, 1.165) is 60.0 Å². The number of benzene rings is 3. The Kier molecular flexibility index (Phi) is 17.3. The summed E-state index contributed by atoms with van der Waals surface area (Å²) in [5.74, 6) is -0.222. The van der Waals surface area contributed by atoms with Crippen molar-refractivity contribution in [3.8, 4) is 0 Å². The number of rotatable bonds is 17. The Morgan fingerprint density at radius 2 is 1.59 bits per heavy atom. The average molecular weight is 844 g/mol. The van der Waals surface area contributed by atoms with Gasteiger partial charge in [-0.05, 0) is 80.3 Å². The van der Waals surface area contributed by atoms with Gasteiger partial charge in [0.15, 0.2) is 15.0 Å². The number of likely N-dealkylation sites (N-methyl/N-ethyl adjacent to an activating group) is 1. The predicted octanol–water partition coefficient (Wildman–Crippen LogP) is 8.27. The van der Waals surface area contributed by atoms with E-state index in [1.54, 1.807) is 61.8 Å². The third kappa shape index (κ3) is 12.8. The first-order chi connectivity index (χ1) is 26.7. The second-order valence-corrected chi connectivity index (χ2v) is 20.0. The number of thioether (sulfide) groups is 1. The molecule has 1 heterocycles. The molecule has 1 aromatic heterocycles. The molecule has 2 amide bonds. The van der Waals surface area contributed by atoms with Crippen LogP contribution in [0.25, 0.3) is 0 Å². The minimum Gasteiger partial charge on any atom is -0.386 e. The molecule has 0 bridgehead atoms. The molecule has 1 aliphatic rings. The smallest absolute Gasteiger partial charge is 0.372 e. The van der Waals surface area contributed by atoms with Gasteiger partial charge in [-0.2, -0.15) is 0 Å². The second kappa shape index (κ2) is 21.4. The quantitative estimate of drug-likeness (QED) is 0.0785. The summed E-state index contributed by atoms with van der Waals surface area (Å²) in [7, 11) is -5.04. The summed E-state index contributed by atoms with van der Waals surface area (Å²) in [6.07, 6.45) is 9.42. The van der Waals surface area contributed by atoms with E-state index >= 15 is 0 Å². The first-order valence-corrected chi connectivity index (χ1v) is 24.2. The largest absolute Gasteiger partial charge is 0.386 e. The van der Waals surface area contributed by atoms with Crippen molar-refractivity contribution in [3.05, 3.63) is 102 Å². The number of aromatic nitrogens is 1. The molecule has 1 fully saturated rings. The van der Waals surface area contributed by atoms with Crippen molar-refractivity contribution in [1.82, 2.24) is 9.88 Å². The number of anilines is 1. The molecule has 0 saturated heterocycles. The molecule has 2 N–H and O–H groups in total. The summed E-state index contributed by atoms with van der Waals surface area (Å²) in [4.78, 5) is 33.0. The van der Waals surface area contributed by atoms with Crippen LogP contribution in [0.4, 0.5) is 5.13 Å². The number of nitrogens with one attached hydrogen (secondary N) is 1. The van der Waals surface area contributed by atoms with Crippen LogP contribution in [0.15, 0.2) is 94.9 Å². The number of amides is 2. The molecule has 56 heavy (non-hydrogen) atoms. The van der Waals surface area contributed by atoms with Gasteiger partial charge in [-0.1, -0.05) is 91.6 Å². The maximum Gasteiger partial charge on any atom is 0.372 e. The van der Waals surface area contributed by atoms with E-state index in [2.05, 4.69) is 10.3 Å². The maximum atomic E-state index is 13.3. The fourth-order valence-electron chi connectivity index (χ4n) is 6.48. The predicted molar refractivity (Wildman–Crippen MR) is 226 cm³/mol. The van der Waals surface area contributed by atoms with Gasteiger partial charge < -0.3 is 24.4 Å². The van der Waals surface area contributed by atoms with Crippen molar-refractivity contribution in [2.75, 3.05) is 38.1 Å². The summed E-state index contributed by atoms with van der Waals surface area (Å²) in [5.41, 5.74) is 2.57. The highest BCUT2D eigenvalue weighted by Crippen LogP contribution is 2.48. The van der Waals surface area contributed by atoms with Crippen LogP contribution in [0, 0.1) is 5.92 Å². The van der Waals surface area contributed by atoms with Crippen LogP contribution in [-0.2, 0) is 39.5 Å². The average Bonchev–Trinajstić information content (AvgIpc) is 3.90. The van der Waals surface area contributed by atoms with E-state index in [1.165, 1.54) is 11.1 Å². The van der Waals surface area contributed by atoms with Gasteiger partial charge >= 0.3 is 7.60 Å². The lowest BCUT2D eigenvalue weighted by Gasteiger charge is -2.29. The molecule has 0 radical (unpaired) electrons. The molecule has 1 saturated carbocycles. The van der Waals surface area contributed by atoms with Gasteiger partial charge in [0.05, 0.1) is 48.8 Å². The second-order valence-electron chi connectivity index (χ2n) is 13.7. The number of aliphatic hydroxyl groups excluding tert-OH is 1. The van der Waals surface area contributed by atoms with Crippen LogP contribution >= 0.6 is 30.7 Å². The molecule has 4 aromatic rings. The number of hydrogen-bond acceptors (Lipinski definition) is 11. The van der Waals surface area contributed by atoms with E-state index in [4.69, 9.17) is 9.05 Å². The lowest BCUT2D eigenvalue weighted by Crippen LogP contribution is -2.39. The molecule has 1 aliphatic carbocycles. The van der Waals surface area contributed by atoms with Crippen LogP contribution < -0.4 is 9.94 Å². The highest BCUT2D eigenvalue weighted by molar-refractivity contribution is 7.98. The van der Waals surface area contributed by atoms with Crippen LogP contribution in [0.5, 0.6) is 0 Å². The molecule has 0 unspecified atom stereocenters. The monoisotopic (exact) mass is 843 g/mol.